The molecular weight excluding hydrogens is 627 g/mol. The lowest BCUT2D eigenvalue weighted by Gasteiger charge is -2.15. The number of aliphatic hydroxyl groups is 2. The molecule has 4 aromatic rings. The largest absolute Gasteiger partial charge is 0.395 e. The van der Waals surface area contributed by atoms with Gasteiger partial charge in [-0.2, -0.15) is 0 Å². The Kier molecular flexibility index (Phi) is 12.0. The number of benzene rings is 2. The average molecular weight is 658 g/mol. The second-order valence-corrected chi connectivity index (χ2v) is 10.8. The molecule has 0 spiro atoms. The number of nitrogens with zero attached hydrogens (tertiary/aromatic N) is 2. The molecule has 2 aromatic heterocycles. The van der Waals surface area contributed by atoms with Gasteiger partial charge in [0, 0.05) is 49.2 Å². The summed E-state index contributed by atoms with van der Waals surface area (Å²) in [7, 11) is 0. The molecule has 0 aliphatic heterocycles. The van der Waals surface area contributed by atoms with Crippen molar-refractivity contribution < 1.29 is 19.8 Å². The highest BCUT2D eigenvalue weighted by atomic mass is 35.5. The van der Waals surface area contributed by atoms with E-state index in [-0.39, 0.29) is 39.7 Å². The number of aryl methyl sites for hydroxylation is 1. The lowest BCUT2D eigenvalue weighted by molar-refractivity contribution is 0.101. The molecule has 0 unspecified atom stereocenters. The molecule has 13 heteroatoms. The first-order valence-corrected chi connectivity index (χ1v) is 14.8. The summed E-state index contributed by atoms with van der Waals surface area (Å²) in [6.45, 7) is 3.65. The smallest absolute Gasteiger partial charge is 0.275 e. The van der Waals surface area contributed by atoms with Crippen molar-refractivity contribution >= 4 is 58.0 Å². The number of aromatic nitrogens is 2. The second kappa shape index (κ2) is 15.9. The number of amides is 2. The zero-order valence-corrected chi connectivity index (χ0v) is 26.0. The number of carbonyl (C=O) groups is 2. The van der Waals surface area contributed by atoms with Gasteiger partial charge in [-0.25, -0.2) is 4.98 Å². The lowest BCUT2D eigenvalue weighted by atomic mass is 10.0. The summed E-state index contributed by atoms with van der Waals surface area (Å²) in [5, 5.41) is 30.2. The number of pyridine rings is 2. The number of halogens is 3. The van der Waals surface area contributed by atoms with Gasteiger partial charge in [-0.05, 0) is 42.3 Å². The molecule has 0 aliphatic rings. The number of anilines is 2. The van der Waals surface area contributed by atoms with Crippen LogP contribution < -0.4 is 21.3 Å². The molecule has 0 aliphatic carbocycles. The van der Waals surface area contributed by atoms with Gasteiger partial charge in [-0.3, -0.25) is 14.6 Å². The van der Waals surface area contributed by atoms with Crippen LogP contribution >= 0.6 is 34.8 Å². The fourth-order valence-electron chi connectivity index (χ4n) is 4.28. The Balaban J connectivity index is 1.51. The van der Waals surface area contributed by atoms with E-state index >= 15 is 0 Å². The van der Waals surface area contributed by atoms with Crippen LogP contribution in [-0.4, -0.2) is 58.3 Å². The Morgan fingerprint density at radius 1 is 0.795 bits per heavy atom. The van der Waals surface area contributed by atoms with Crippen molar-refractivity contribution in [2.24, 2.45) is 0 Å². The van der Waals surface area contributed by atoms with Crippen molar-refractivity contribution in [2.75, 3.05) is 36.9 Å². The van der Waals surface area contributed by atoms with Crippen molar-refractivity contribution in [2.45, 2.75) is 20.0 Å². The van der Waals surface area contributed by atoms with Crippen LogP contribution in [0, 0.1) is 6.92 Å². The van der Waals surface area contributed by atoms with Gasteiger partial charge in [0.25, 0.3) is 11.8 Å². The maximum Gasteiger partial charge on any atom is 0.275 e. The van der Waals surface area contributed by atoms with E-state index < -0.39 is 11.8 Å². The first-order chi connectivity index (χ1) is 21.2. The van der Waals surface area contributed by atoms with Gasteiger partial charge in [-0.15, -0.1) is 0 Å². The quantitative estimate of drug-likeness (QED) is 0.109. The van der Waals surface area contributed by atoms with Gasteiger partial charge in [0.2, 0.25) is 0 Å². The van der Waals surface area contributed by atoms with Crippen molar-refractivity contribution in [1.82, 2.24) is 20.6 Å². The maximum atomic E-state index is 13.2. The summed E-state index contributed by atoms with van der Waals surface area (Å²) in [6, 6.07) is 15.3. The van der Waals surface area contributed by atoms with E-state index in [0.29, 0.717) is 54.4 Å². The van der Waals surface area contributed by atoms with E-state index in [1.807, 2.05) is 0 Å². The van der Waals surface area contributed by atoms with Crippen molar-refractivity contribution in [3.05, 3.63) is 104 Å². The first kappa shape index (κ1) is 33.3. The van der Waals surface area contributed by atoms with Gasteiger partial charge in [-0.1, -0.05) is 65.1 Å². The zero-order chi connectivity index (χ0) is 31.6. The van der Waals surface area contributed by atoms with Crippen molar-refractivity contribution in [3.8, 4) is 11.1 Å². The summed E-state index contributed by atoms with van der Waals surface area (Å²) < 4.78 is 0. The molecule has 2 amide bonds. The highest BCUT2D eigenvalue weighted by Crippen LogP contribution is 2.40. The molecule has 230 valence electrons. The molecule has 10 nitrogen and oxygen atoms in total. The fraction of sp³-hybridized carbons (Fsp3) is 0.226. The Morgan fingerprint density at radius 2 is 1.39 bits per heavy atom. The molecular formula is C31H31Cl3N6O4. The predicted molar refractivity (Wildman–Crippen MR) is 174 cm³/mol. The molecule has 0 fully saturated rings. The molecule has 2 heterocycles. The molecule has 6 N–H and O–H groups in total. The van der Waals surface area contributed by atoms with Gasteiger partial charge in [0.15, 0.2) is 0 Å². The van der Waals surface area contributed by atoms with Gasteiger partial charge >= 0.3 is 0 Å². The molecule has 2 aromatic carbocycles. The number of nitrogens with one attached hydrogen (secondary N) is 4. The summed E-state index contributed by atoms with van der Waals surface area (Å²) in [5.74, 6) is -0.984. The number of hydrogen-bond acceptors (Lipinski definition) is 8. The fourth-order valence-corrected chi connectivity index (χ4v) is 5.08. The Bertz CT molecular complexity index is 1640. The summed E-state index contributed by atoms with van der Waals surface area (Å²) in [4.78, 5) is 34.7. The van der Waals surface area contributed by atoms with Crippen molar-refractivity contribution in [1.29, 1.82) is 0 Å². The van der Waals surface area contributed by atoms with E-state index in [0.717, 1.165) is 11.1 Å². The third-order valence-corrected chi connectivity index (χ3v) is 7.65. The molecule has 44 heavy (non-hydrogen) atoms. The van der Waals surface area contributed by atoms with E-state index in [2.05, 4.69) is 31.2 Å². The normalized spacial score (nSPS) is 11.0. The minimum absolute atomic E-state index is 0.00253. The number of hydrogen-bond donors (Lipinski definition) is 6. The van der Waals surface area contributed by atoms with Crippen LogP contribution in [0.15, 0.2) is 60.8 Å². The SMILES string of the molecule is Cc1nc(C(=O)Nc2cccc(-c3cccc(NC(=O)c4ccc(CNCCO)cn4)c3Cl)c2Cl)c(Cl)cc1CNCCO. The van der Waals surface area contributed by atoms with Crippen LogP contribution in [0.4, 0.5) is 11.4 Å². The Hall–Kier alpha value is -3.61. The van der Waals surface area contributed by atoms with Crippen LogP contribution in [0.2, 0.25) is 15.1 Å². The third kappa shape index (κ3) is 8.30. The van der Waals surface area contributed by atoms with Crippen LogP contribution in [-0.2, 0) is 13.1 Å². The van der Waals surface area contributed by atoms with Gasteiger partial charge in [0.1, 0.15) is 11.4 Å². The summed E-state index contributed by atoms with van der Waals surface area (Å²) in [6.07, 6.45) is 1.59. The zero-order valence-electron chi connectivity index (χ0n) is 23.8. The Labute approximate surface area is 269 Å². The minimum atomic E-state index is -0.540. The second-order valence-electron chi connectivity index (χ2n) is 9.66. The van der Waals surface area contributed by atoms with Crippen LogP contribution in [0.25, 0.3) is 11.1 Å². The van der Waals surface area contributed by atoms with E-state index in [4.69, 9.17) is 45.0 Å². The molecule has 0 radical (unpaired) electrons. The minimum Gasteiger partial charge on any atom is -0.395 e. The number of rotatable bonds is 13. The monoisotopic (exact) mass is 656 g/mol. The summed E-state index contributed by atoms with van der Waals surface area (Å²) in [5.41, 5.74) is 4.29. The van der Waals surface area contributed by atoms with Gasteiger partial charge < -0.3 is 31.5 Å². The molecule has 4 rings (SSSR count). The van der Waals surface area contributed by atoms with Gasteiger partial charge in [0.05, 0.1) is 39.7 Å². The topological polar surface area (TPSA) is 148 Å². The molecule has 0 saturated carbocycles. The standard InChI is InChI=1S/C31H31Cl3N6O4/c1-18-20(17-36-11-13-42)14-23(32)29(38-18)31(44)40-25-7-3-5-22(28(25)34)21-4-2-6-24(27(21)33)39-30(43)26-9-8-19(16-37-26)15-35-10-12-41/h2-9,14,16,35-36,41-42H,10-13,15,17H2,1H3,(H,39,43)(H,40,44). The lowest BCUT2D eigenvalue weighted by Crippen LogP contribution is -2.20. The molecule has 0 saturated heterocycles. The predicted octanol–water partition coefficient (Wildman–Crippen LogP) is 5.08. The van der Waals surface area contributed by atoms with Crippen LogP contribution in [0.5, 0.6) is 0 Å². The highest BCUT2D eigenvalue weighted by molar-refractivity contribution is 6.40. The van der Waals surface area contributed by atoms with E-state index in [9.17, 15) is 9.59 Å². The van der Waals surface area contributed by atoms with E-state index in [1.54, 1.807) is 67.7 Å². The van der Waals surface area contributed by atoms with Crippen LogP contribution in [0.1, 0.15) is 37.8 Å². The molecule has 0 atom stereocenters. The number of aliphatic hydroxyl groups excluding tert-OH is 2. The molecule has 0 bridgehead atoms. The maximum absolute atomic E-state index is 13.2. The Morgan fingerprint density at radius 3 is 1.95 bits per heavy atom. The number of carbonyl (C=O) groups excluding carboxylic acids is 2. The van der Waals surface area contributed by atoms with Crippen molar-refractivity contribution in [3.63, 3.8) is 0 Å². The first-order valence-electron chi connectivity index (χ1n) is 13.7. The average Bonchev–Trinajstić information content (AvgIpc) is 3.01. The van der Waals surface area contributed by atoms with E-state index in [1.165, 1.54) is 0 Å². The highest BCUT2D eigenvalue weighted by Gasteiger charge is 2.20. The third-order valence-electron chi connectivity index (χ3n) is 6.55. The van der Waals surface area contributed by atoms with Crippen LogP contribution in [0.3, 0.4) is 0 Å². The summed E-state index contributed by atoms with van der Waals surface area (Å²) >= 11 is 19.9.